The van der Waals surface area contributed by atoms with E-state index in [4.69, 9.17) is 37.0 Å². The van der Waals surface area contributed by atoms with E-state index in [9.17, 15) is 38.1 Å². The van der Waals surface area contributed by atoms with Crippen LogP contribution in [0.5, 0.6) is 0 Å². The highest BCUT2D eigenvalue weighted by Crippen LogP contribution is 2.44. The molecule has 0 saturated carbocycles. The van der Waals surface area contributed by atoms with Crippen LogP contribution in [0.4, 0.5) is 0 Å². The van der Waals surface area contributed by atoms with Gasteiger partial charge in [-0.05, 0) is 25.7 Å². The van der Waals surface area contributed by atoms with Gasteiger partial charge in [-0.3, -0.25) is 37.3 Å². The molecule has 100 heavy (non-hydrogen) atoms. The first-order chi connectivity index (χ1) is 48.0. The molecule has 0 radical (unpaired) electrons. The average molecular weight is 1470 g/mol. The summed E-state index contributed by atoms with van der Waals surface area (Å²) >= 11 is 0. The minimum absolute atomic E-state index is 0.0366. The fraction of sp³-hybridized carbons (Fsp3) is 0.950. The van der Waals surface area contributed by atoms with Gasteiger partial charge >= 0.3 is 39.5 Å². The quantitative estimate of drug-likeness (QED) is 0.0190. The standard InChI is InChI=1S/2C40H80NO8P/c2*1-6-8-10-12-14-16-18-20-22-24-26-28-30-32-39(42)46-36-38(37-48-50(44,45)47-35-34-41(3,4)5)49-40(43)33-31-29-27-25-23-21-19-17-15-13-11-9-7-2/h2*38H,6-37H2,1-5H3/p+2/t38-;/m1./s1. The molecule has 2 N–H and O–H groups in total. The number of quaternary nitrogens is 2. The molecule has 0 heterocycles. The number of carbonyl (C=O) groups excluding carboxylic acids is 4. The summed E-state index contributed by atoms with van der Waals surface area (Å²) < 4.78 is 68.5. The van der Waals surface area contributed by atoms with Gasteiger partial charge in [-0.15, -0.1) is 0 Å². The molecule has 3 unspecified atom stereocenters. The van der Waals surface area contributed by atoms with Crippen molar-refractivity contribution in [3.63, 3.8) is 0 Å². The van der Waals surface area contributed by atoms with Crippen molar-refractivity contribution in [2.45, 2.75) is 399 Å². The summed E-state index contributed by atoms with van der Waals surface area (Å²) in [5.41, 5.74) is 0. The highest BCUT2D eigenvalue weighted by atomic mass is 31.2. The largest absolute Gasteiger partial charge is 0.472 e. The van der Waals surface area contributed by atoms with E-state index in [2.05, 4.69) is 27.7 Å². The molecule has 0 bridgehead atoms. The third-order valence-electron chi connectivity index (χ3n) is 18.3. The minimum atomic E-state index is -4.36. The zero-order valence-corrected chi connectivity index (χ0v) is 68.6. The van der Waals surface area contributed by atoms with E-state index in [0.29, 0.717) is 34.9 Å². The molecular formula is C80H162N2O16P2+2. The van der Waals surface area contributed by atoms with Crippen LogP contribution in [0.15, 0.2) is 0 Å². The van der Waals surface area contributed by atoms with Gasteiger partial charge in [0.05, 0.1) is 55.5 Å². The Morgan fingerprint density at radius 1 is 0.270 bits per heavy atom. The lowest BCUT2D eigenvalue weighted by Gasteiger charge is -2.24. The molecule has 0 fully saturated rings. The van der Waals surface area contributed by atoms with Crippen molar-refractivity contribution in [1.82, 2.24) is 0 Å². The SMILES string of the molecule is CCCCCCCCCCCCCCCC(=O)OCC(COP(=O)(O)OCC[N+](C)(C)C)OC(=O)CCCCCCCCCCCCCCC.CCCCCCCCCCCCCCCC(=O)OC[C@H](COP(=O)(O)OCC[N+](C)(C)C)OC(=O)CCCCCCCCCCCCCCC. The van der Waals surface area contributed by atoms with Crippen LogP contribution in [0.1, 0.15) is 387 Å². The van der Waals surface area contributed by atoms with Crippen LogP contribution in [0.2, 0.25) is 0 Å². The van der Waals surface area contributed by atoms with Crippen molar-refractivity contribution in [3.8, 4) is 0 Å². The number of phosphoric ester groups is 2. The summed E-state index contributed by atoms with van der Waals surface area (Å²) in [7, 11) is 2.98. The van der Waals surface area contributed by atoms with Crippen molar-refractivity contribution >= 4 is 39.5 Å². The molecule has 20 heteroatoms. The smallest absolute Gasteiger partial charge is 0.462 e. The Morgan fingerprint density at radius 3 is 0.640 bits per heavy atom. The fourth-order valence-electron chi connectivity index (χ4n) is 11.7. The topological polar surface area (TPSA) is 217 Å². The maximum Gasteiger partial charge on any atom is 0.472 e. The normalized spacial score (nSPS) is 13.6. The molecule has 0 aliphatic heterocycles. The van der Waals surface area contributed by atoms with Crippen LogP contribution < -0.4 is 0 Å². The van der Waals surface area contributed by atoms with Gasteiger partial charge in [0.2, 0.25) is 0 Å². The van der Waals surface area contributed by atoms with E-state index in [1.807, 2.05) is 42.3 Å². The van der Waals surface area contributed by atoms with Gasteiger partial charge in [0.25, 0.3) is 0 Å². The van der Waals surface area contributed by atoms with Gasteiger partial charge in [-0.25, -0.2) is 9.13 Å². The van der Waals surface area contributed by atoms with Crippen molar-refractivity contribution in [2.75, 3.05) is 95.0 Å². The third kappa shape index (κ3) is 80.1. The number of ether oxygens (including phenoxy) is 4. The summed E-state index contributed by atoms with van der Waals surface area (Å²) in [6, 6.07) is 0. The monoisotopic (exact) mass is 1470 g/mol. The van der Waals surface area contributed by atoms with Crippen molar-refractivity contribution in [1.29, 1.82) is 0 Å². The van der Waals surface area contributed by atoms with Gasteiger partial charge in [-0.1, -0.05) is 336 Å². The molecule has 4 atom stereocenters. The molecule has 0 aromatic heterocycles. The Kier molecular flexibility index (Phi) is 71.3. The van der Waals surface area contributed by atoms with Crippen molar-refractivity contribution in [2.24, 2.45) is 0 Å². The summed E-state index contributed by atoms with van der Waals surface area (Å²) in [4.78, 5) is 70.5. The van der Waals surface area contributed by atoms with Crippen LogP contribution in [0.25, 0.3) is 0 Å². The van der Waals surface area contributed by atoms with E-state index < -0.39 is 53.0 Å². The Labute approximate surface area is 615 Å². The van der Waals surface area contributed by atoms with Crippen molar-refractivity contribution < 1.29 is 84.1 Å². The summed E-state index contributed by atoms with van der Waals surface area (Å²) in [6.07, 6.45) is 62.8. The van der Waals surface area contributed by atoms with E-state index in [1.54, 1.807) is 0 Å². The molecule has 0 aromatic carbocycles. The second kappa shape index (κ2) is 71.3. The van der Waals surface area contributed by atoms with Gasteiger partial charge in [0.15, 0.2) is 12.2 Å². The molecule has 0 aromatic rings. The Morgan fingerprint density at radius 2 is 0.450 bits per heavy atom. The molecule has 0 aliphatic rings. The maximum atomic E-state index is 12.6. The van der Waals surface area contributed by atoms with E-state index >= 15 is 0 Å². The first-order valence-electron chi connectivity index (χ1n) is 41.5. The zero-order chi connectivity index (χ0) is 74.4. The van der Waals surface area contributed by atoms with Crippen LogP contribution in [-0.2, 0) is 65.4 Å². The lowest BCUT2D eigenvalue weighted by atomic mass is 10.0. The van der Waals surface area contributed by atoms with Gasteiger partial charge in [-0.2, -0.15) is 0 Å². The third-order valence-corrected chi connectivity index (χ3v) is 20.2. The summed E-state index contributed by atoms with van der Waals surface area (Å²) in [6.45, 7) is 8.87. The lowest BCUT2D eigenvalue weighted by molar-refractivity contribution is -0.870. The highest BCUT2D eigenvalue weighted by molar-refractivity contribution is 7.47. The predicted octanol–water partition coefficient (Wildman–Crippen LogP) is 22.5. The first-order valence-corrected chi connectivity index (χ1v) is 44.5. The molecule has 18 nitrogen and oxygen atoms in total. The van der Waals surface area contributed by atoms with Crippen LogP contribution in [0, 0.1) is 0 Å². The predicted molar refractivity (Wildman–Crippen MR) is 412 cm³/mol. The van der Waals surface area contributed by atoms with Gasteiger partial charge in [0.1, 0.15) is 39.5 Å². The van der Waals surface area contributed by atoms with E-state index in [1.165, 1.54) is 257 Å². The number of esters is 4. The zero-order valence-electron chi connectivity index (χ0n) is 66.8. The number of carbonyl (C=O) groups is 4. The first kappa shape index (κ1) is 100. The molecule has 0 spiro atoms. The average Bonchev–Trinajstić information content (AvgIpc) is 1.05. The van der Waals surface area contributed by atoms with Crippen LogP contribution >= 0.6 is 15.6 Å². The second-order valence-electron chi connectivity index (χ2n) is 30.8. The van der Waals surface area contributed by atoms with Crippen LogP contribution in [-0.4, -0.2) is 150 Å². The number of hydrogen-bond acceptors (Lipinski definition) is 14. The second-order valence-corrected chi connectivity index (χ2v) is 33.7. The molecule has 0 aliphatic carbocycles. The number of nitrogens with zero attached hydrogens (tertiary/aromatic N) is 2. The maximum absolute atomic E-state index is 12.6. The summed E-state index contributed by atoms with van der Waals surface area (Å²) in [5.74, 6) is -1.57. The molecule has 596 valence electrons. The Balaban J connectivity index is 0. The van der Waals surface area contributed by atoms with E-state index in [0.717, 1.165) is 77.0 Å². The van der Waals surface area contributed by atoms with Gasteiger partial charge < -0.3 is 37.7 Å². The number of phosphoric acid groups is 2. The van der Waals surface area contributed by atoms with Gasteiger partial charge in [0, 0.05) is 25.7 Å². The molecule has 0 rings (SSSR count). The fourth-order valence-corrected chi connectivity index (χ4v) is 13.2. The minimum Gasteiger partial charge on any atom is -0.462 e. The van der Waals surface area contributed by atoms with Crippen LogP contribution in [0.3, 0.4) is 0 Å². The number of likely N-dealkylation sites (N-methyl/N-ethyl adjacent to an activating group) is 2. The molecule has 0 amide bonds. The number of unbranched alkanes of at least 4 members (excludes halogenated alkanes) is 48. The molecule has 0 saturated heterocycles. The lowest BCUT2D eigenvalue weighted by Crippen LogP contribution is -2.37. The highest BCUT2D eigenvalue weighted by Gasteiger charge is 2.29. The number of rotatable bonds is 76. The summed E-state index contributed by atoms with van der Waals surface area (Å²) in [5, 5.41) is 0. The Hall–Kier alpha value is -1.98. The van der Waals surface area contributed by atoms with E-state index in [-0.39, 0.29) is 51.2 Å². The molecular weight excluding hydrogens is 1310 g/mol. The Bertz CT molecular complexity index is 1800. The van der Waals surface area contributed by atoms with Crippen molar-refractivity contribution in [3.05, 3.63) is 0 Å². The number of hydrogen-bond donors (Lipinski definition) is 2.